The first kappa shape index (κ1) is 39.1. The molecular formula is C45H44O11. The van der Waals surface area contributed by atoms with E-state index in [4.69, 9.17) is 4.42 Å². The molecule has 0 fully saturated rings. The van der Waals surface area contributed by atoms with E-state index in [9.17, 15) is 45.6 Å². The molecule has 11 nitrogen and oxygen atoms in total. The topological polar surface area (TPSA) is 209 Å². The SMILES string of the molecule is CC(C)=CCc1cc(C(=O)C2C(c3c(O)cc4oc(-c5ccc(O)cc5O)c(CC=C(C)C)c(=O)c4c3O)C=C(C)CC23C=CC(O)=CC(O)=C3)c(O)cc1O. The van der Waals surface area contributed by atoms with E-state index in [1.165, 1.54) is 30.4 Å². The lowest BCUT2D eigenvalue weighted by Gasteiger charge is -2.43. The van der Waals surface area contributed by atoms with Gasteiger partial charge in [-0.25, -0.2) is 0 Å². The van der Waals surface area contributed by atoms with Gasteiger partial charge in [0.15, 0.2) is 5.78 Å². The minimum atomic E-state index is -1.43. The summed E-state index contributed by atoms with van der Waals surface area (Å²) in [5.41, 5.74) is 0.266. The van der Waals surface area contributed by atoms with Gasteiger partial charge in [-0.3, -0.25) is 9.59 Å². The molecule has 56 heavy (non-hydrogen) atoms. The highest BCUT2D eigenvalue weighted by Crippen LogP contribution is 2.56. The Morgan fingerprint density at radius 2 is 1.54 bits per heavy atom. The fraction of sp³-hybridized carbons (Fsp3) is 0.244. The van der Waals surface area contributed by atoms with Crippen molar-refractivity contribution >= 4 is 16.8 Å². The highest BCUT2D eigenvalue weighted by molar-refractivity contribution is 6.03. The molecule has 2 aliphatic carbocycles. The summed E-state index contributed by atoms with van der Waals surface area (Å²) in [5.74, 6) is -6.53. The van der Waals surface area contributed by atoms with Crippen molar-refractivity contribution in [3.05, 3.63) is 140 Å². The molecule has 4 aromatic rings. The number of phenols is 6. The molecule has 8 N–H and O–H groups in total. The number of hydrogen-bond donors (Lipinski definition) is 8. The summed E-state index contributed by atoms with van der Waals surface area (Å²) in [5, 5.41) is 87.7. The molecule has 0 amide bonds. The number of aliphatic hydroxyl groups is 2. The van der Waals surface area contributed by atoms with Crippen LogP contribution in [0.3, 0.4) is 0 Å². The van der Waals surface area contributed by atoms with Gasteiger partial charge >= 0.3 is 0 Å². The second kappa shape index (κ2) is 14.9. The van der Waals surface area contributed by atoms with E-state index in [-0.39, 0.29) is 87.0 Å². The first-order chi connectivity index (χ1) is 26.4. The molecule has 0 aliphatic heterocycles. The minimum absolute atomic E-state index is 0.0269. The summed E-state index contributed by atoms with van der Waals surface area (Å²) in [4.78, 5) is 29.6. The average Bonchev–Trinajstić information content (AvgIpc) is 3.23. The molecule has 0 saturated carbocycles. The number of fused-ring (bicyclic) bond motifs is 1. The number of Topliss-reactive ketones (excluding diaryl/α,β-unsaturated/α-hetero) is 1. The Morgan fingerprint density at radius 3 is 2.21 bits per heavy atom. The van der Waals surface area contributed by atoms with Crippen LogP contribution in [0.5, 0.6) is 34.5 Å². The van der Waals surface area contributed by atoms with Crippen LogP contribution in [0.2, 0.25) is 0 Å². The first-order valence-corrected chi connectivity index (χ1v) is 18.0. The molecule has 1 spiro atoms. The predicted octanol–water partition coefficient (Wildman–Crippen LogP) is 9.08. The van der Waals surface area contributed by atoms with Gasteiger partial charge in [0.25, 0.3) is 0 Å². The molecule has 3 atom stereocenters. The quantitative estimate of drug-likeness (QED) is 0.0627. The van der Waals surface area contributed by atoms with Crippen LogP contribution < -0.4 is 5.43 Å². The lowest BCUT2D eigenvalue weighted by molar-refractivity contribution is 0.0815. The van der Waals surface area contributed by atoms with Gasteiger partial charge in [-0.05, 0) is 89.8 Å². The van der Waals surface area contributed by atoms with Gasteiger partial charge in [0, 0.05) is 52.7 Å². The van der Waals surface area contributed by atoms with Crippen LogP contribution in [0.25, 0.3) is 22.3 Å². The number of rotatable bonds is 8. The third-order valence-corrected chi connectivity index (χ3v) is 10.3. The Hall–Kier alpha value is -6.62. The lowest BCUT2D eigenvalue weighted by atomic mass is 9.58. The summed E-state index contributed by atoms with van der Waals surface area (Å²) >= 11 is 0. The van der Waals surface area contributed by atoms with Crippen molar-refractivity contribution in [1.29, 1.82) is 0 Å². The molecule has 0 bridgehead atoms. The van der Waals surface area contributed by atoms with Gasteiger partial charge in [0.1, 0.15) is 62.7 Å². The summed E-state index contributed by atoms with van der Waals surface area (Å²) in [6, 6.07) is 7.37. The highest BCUT2D eigenvalue weighted by atomic mass is 16.3. The maximum Gasteiger partial charge on any atom is 0.200 e. The van der Waals surface area contributed by atoms with Gasteiger partial charge in [0.05, 0.1) is 11.1 Å². The summed E-state index contributed by atoms with van der Waals surface area (Å²) in [6.07, 6.45) is 11.1. The predicted molar refractivity (Wildman–Crippen MR) is 213 cm³/mol. The van der Waals surface area contributed by atoms with Crippen LogP contribution >= 0.6 is 0 Å². The van der Waals surface area contributed by atoms with E-state index in [0.29, 0.717) is 11.1 Å². The van der Waals surface area contributed by atoms with E-state index < -0.39 is 45.7 Å². The van der Waals surface area contributed by atoms with Crippen molar-refractivity contribution in [3.8, 4) is 45.8 Å². The molecule has 6 rings (SSSR count). The number of benzene rings is 3. The van der Waals surface area contributed by atoms with E-state index in [0.717, 1.165) is 35.4 Å². The number of aliphatic hydroxyl groups excluding tert-OH is 2. The van der Waals surface area contributed by atoms with Crippen molar-refractivity contribution in [2.24, 2.45) is 11.3 Å². The number of hydrogen-bond acceptors (Lipinski definition) is 11. The number of allylic oxidation sites excluding steroid dienone is 10. The maximum atomic E-state index is 15.1. The normalized spacial score (nSPS) is 19.2. The third kappa shape index (κ3) is 7.27. The van der Waals surface area contributed by atoms with Crippen LogP contribution in [0, 0.1) is 11.3 Å². The second-order valence-corrected chi connectivity index (χ2v) is 15.1. The molecule has 11 heteroatoms. The Kier molecular flexibility index (Phi) is 10.4. The molecule has 3 unspecified atom stereocenters. The maximum absolute atomic E-state index is 15.1. The molecular weight excluding hydrogens is 716 g/mol. The monoisotopic (exact) mass is 760 g/mol. The zero-order valence-corrected chi connectivity index (χ0v) is 31.6. The van der Waals surface area contributed by atoms with Crippen LogP contribution in [0.15, 0.2) is 116 Å². The van der Waals surface area contributed by atoms with E-state index >= 15 is 4.79 Å². The molecule has 1 aromatic heterocycles. The van der Waals surface area contributed by atoms with E-state index in [1.807, 2.05) is 33.8 Å². The lowest BCUT2D eigenvalue weighted by Crippen LogP contribution is -2.40. The van der Waals surface area contributed by atoms with Gasteiger partial charge in [0.2, 0.25) is 5.43 Å². The van der Waals surface area contributed by atoms with Crippen LogP contribution in [-0.2, 0) is 12.8 Å². The molecule has 290 valence electrons. The van der Waals surface area contributed by atoms with Crippen molar-refractivity contribution in [2.45, 2.75) is 59.8 Å². The van der Waals surface area contributed by atoms with Crippen molar-refractivity contribution in [1.82, 2.24) is 0 Å². The van der Waals surface area contributed by atoms with Gasteiger partial charge in [-0.2, -0.15) is 0 Å². The van der Waals surface area contributed by atoms with Gasteiger partial charge < -0.3 is 45.3 Å². The van der Waals surface area contributed by atoms with E-state index in [1.54, 1.807) is 25.2 Å². The molecule has 3 aromatic carbocycles. The Morgan fingerprint density at radius 1 is 0.839 bits per heavy atom. The largest absolute Gasteiger partial charge is 0.508 e. The number of ketones is 1. The van der Waals surface area contributed by atoms with Gasteiger partial charge in [-0.1, -0.05) is 41.0 Å². The summed E-state index contributed by atoms with van der Waals surface area (Å²) in [6.45, 7) is 9.18. The van der Waals surface area contributed by atoms with Crippen LogP contribution in [0.4, 0.5) is 0 Å². The molecule has 2 aliphatic rings. The molecule has 1 heterocycles. The smallest absolute Gasteiger partial charge is 0.200 e. The molecule has 0 saturated heterocycles. The van der Waals surface area contributed by atoms with Crippen LogP contribution in [0.1, 0.15) is 74.0 Å². The Labute approximate surface area is 322 Å². The van der Waals surface area contributed by atoms with Crippen LogP contribution in [-0.4, -0.2) is 46.6 Å². The molecule has 0 radical (unpaired) electrons. The van der Waals surface area contributed by atoms with E-state index in [2.05, 4.69) is 0 Å². The zero-order chi connectivity index (χ0) is 40.8. The first-order valence-electron chi connectivity index (χ1n) is 18.0. The zero-order valence-electron chi connectivity index (χ0n) is 31.6. The van der Waals surface area contributed by atoms with Crippen molar-refractivity contribution in [2.75, 3.05) is 0 Å². The summed E-state index contributed by atoms with van der Waals surface area (Å²) in [7, 11) is 0. The number of aromatic hydroxyl groups is 6. The fourth-order valence-corrected chi connectivity index (χ4v) is 7.74. The number of carbonyl (C=O) groups excluding carboxylic acids is 1. The summed E-state index contributed by atoms with van der Waals surface area (Å²) < 4.78 is 6.19. The number of carbonyl (C=O) groups is 1. The average molecular weight is 761 g/mol. The second-order valence-electron chi connectivity index (χ2n) is 15.1. The Bertz CT molecular complexity index is 2540. The minimum Gasteiger partial charge on any atom is -0.508 e. The van der Waals surface area contributed by atoms with Crippen molar-refractivity contribution in [3.63, 3.8) is 0 Å². The third-order valence-electron chi connectivity index (χ3n) is 10.3. The Balaban J connectivity index is 1.65. The highest BCUT2D eigenvalue weighted by Gasteiger charge is 2.50. The number of phenolic OH excluding ortho intramolecular Hbond substituents is 6. The fourth-order valence-electron chi connectivity index (χ4n) is 7.74. The van der Waals surface area contributed by atoms with Gasteiger partial charge in [-0.15, -0.1) is 0 Å². The van der Waals surface area contributed by atoms with Crippen molar-refractivity contribution < 1.29 is 50.1 Å². The standard InChI is InChI=1S/C45H44O11/c1-22(2)6-8-25-15-31(35(51)18-33(25)49)42(54)40-32(14-24(5)20-45(40)13-12-27(47)16-28(48)21-45)38-36(52)19-37-39(43(38)55)41(53)30(10-7-23(3)4)44(56-37)29-11-9-26(46)17-34(29)50/h6-7,9,11-19,21,32,40,46-52,55H,8,10,20H2,1-5H3.